The third-order valence-corrected chi connectivity index (χ3v) is 3.91. The van der Waals surface area contributed by atoms with Gasteiger partial charge in [-0.05, 0) is 32.2 Å². The van der Waals surface area contributed by atoms with Crippen LogP contribution in [0.25, 0.3) is 0 Å². The van der Waals surface area contributed by atoms with E-state index in [1.807, 2.05) is 6.20 Å². The zero-order valence-electron chi connectivity index (χ0n) is 10.2. The first-order chi connectivity index (χ1) is 8.42. The van der Waals surface area contributed by atoms with Crippen LogP contribution in [-0.2, 0) is 11.2 Å². The molecule has 3 rings (SSSR count). The number of aromatic nitrogens is 2. The number of ether oxygens (including phenoxy) is 1. The molecule has 0 bridgehead atoms. The minimum Gasteiger partial charge on any atom is -0.381 e. The van der Waals surface area contributed by atoms with E-state index >= 15 is 0 Å². The van der Waals surface area contributed by atoms with E-state index in [1.54, 1.807) is 0 Å². The van der Waals surface area contributed by atoms with Crippen LogP contribution in [-0.4, -0.2) is 35.8 Å². The fraction of sp³-hybridized carbons (Fsp3) is 0.769. The van der Waals surface area contributed by atoms with Gasteiger partial charge < -0.3 is 15.0 Å². The zero-order valence-corrected chi connectivity index (χ0v) is 10.2. The Labute approximate surface area is 102 Å². The highest BCUT2D eigenvalue weighted by atomic mass is 16.5. The number of rotatable bonds is 3. The highest BCUT2D eigenvalue weighted by molar-refractivity contribution is 5.09. The van der Waals surface area contributed by atoms with Crippen molar-refractivity contribution in [3.05, 3.63) is 17.7 Å². The number of hydrogen-bond acceptors (Lipinski definition) is 3. The van der Waals surface area contributed by atoms with Gasteiger partial charge in [0.15, 0.2) is 0 Å². The van der Waals surface area contributed by atoms with E-state index in [0.717, 1.165) is 44.8 Å². The van der Waals surface area contributed by atoms with Crippen molar-refractivity contribution in [3.8, 4) is 0 Å². The molecule has 1 unspecified atom stereocenters. The van der Waals surface area contributed by atoms with E-state index < -0.39 is 0 Å². The van der Waals surface area contributed by atoms with Crippen LogP contribution in [0.4, 0.5) is 0 Å². The molecule has 1 aromatic rings. The first kappa shape index (κ1) is 11.2. The highest BCUT2D eigenvalue weighted by Crippen LogP contribution is 2.25. The molecule has 17 heavy (non-hydrogen) atoms. The predicted molar refractivity (Wildman–Crippen MR) is 66.1 cm³/mol. The summed E-state index contributed by atoms with van der Waals surface area (Å²) >= 11 is 0. The minimum absolute atomic E-state index is 0.626. The molecule has 0 amide bonds. The standard InChI is InChI=1S/C13H21N3O/c1-2-11(14-5-1)8-13-15-9-12(16-13)10-3-6-17-7-4-10/h9-11,14H,1-8H2,(H,15,16). The van der Waals surface area contributed by atoms with Crippen LogP contribution >= 0.6 is 0 Å². The Bertz CT molecular complexity index is 351. The average molecular weight is 235 g/mol. The van der Waals surface area contributed by atoms with Gasteiger partial charge in [-0.25, -0.2) is 4.98 Å². The Morgan fingerprint density at radius 3 is 2.94 bits per heavy atom. The molecule has 2 aliphatic rings. The second-order valence-corrected chi connectivity index (χ2v) is 5.17. The monoisotopic (exact) mass is 235 g/mol. The summed E-state index contributed by atoms with van der Waals surface area (Å²) in [5, 5.41) is 3.51. The van der Waals surface area contributed by atoms with Gasteiger partial charge in [-0.2, -0.15) is 0 Å². The summed E-state index contributed by atoms with van der Waals surface area (Å²) in [7, 11) is 0. The Hall–Kier alpha value is -0.870. The van der Waals surface area contributed by atoms with E-state index in [0.29, 0.717) is 12.0 Å². The van der Waals surface area contributed by atoms with E-state index in [-0.39, 0.29) is 0 Å². The Kier molecular flexibility index (Phi) is 3.43. The molecular formula is C13H21N3O. The maximum Gasteiger partial charge on any atom is 0.107 e. The van der Waals surface area contributed by atoms with Gasteiger partial charge in [-0.3, -0.25) is 0 Å². The van der Waals surface area contributed by atoms with Gasteiger partial charge >= 0.3 is 0 Å². The molecule has 2 fully saturated rings. The maximum atomic E-state index is 5.39. The molecule has 4 nitrogen and oxygen atoms in total. The predicted octanol–water partition coefficient (Wildman–Crippen LogP) is 1.60. The molecule has 0 aromatic carbocycles. The van der Waals surface area contributed by atoms with Crippen molar-refractivity contribution in [1.29, 1.82) is 0 Å². The van der Waals surface area contributed by atoms with Crippen molar-refractivity contribution in [3.63, 3.8) is 0 Å². The summed E-state index contributed by atoms with van der Waals surface area (Å²) in [6, 6.07) is 0.628. The second kappa shape index (κ2) is 5.19. The van der Waals surface area contributed by atoms with Crippen LogP contribution in [0.1, 0.15) is 43.1 Å². The molecule has 1 atom stereocenters. The summed E-state index contributed by atoms with van der Waals surface area (Å²) in [5.74, 6) is 1.77. The molecule has 4 heteroatoms. The van der Waals surface area contributed by atoms with Crippen molar-refractivity contribution in [1.82, 2.24) is 15.3 Å². The number of imidazole rings is 1. The fourth-order valence-corrected chi connectivity index (χ4v) is 2.86. The van der Waals surface area contributed by atoms with Gasteiger partial charge in [0, 0.05) is 43.5 Å². The minimum atomic E-state index is 0.626. The summed E-state index contributed by atoms with van der Waals surface area (Å²) in [5.41, 5.74) is 1.31. The number of aromatic amines is 1. The van der Waals surface area contributed by atoms with Crippen molar-refractivity contribution >= 4 is 0 Å². The first-order valence-corrected chi connectivity index (χ1v) is 6.77. The third kappa shape index (κ3) is 2.69. The van der Waals surface area contributed by atoms with Gasteiger partial charge in [-0.15, -0.1) is 0 Å². The smallest absolute Gasteiger partial charge is 0.107 e. The number of nitrogens with one attached hydrogen (secondary N) is 2. The highest BCUT2D eigenvalue weighted by Gasteiger charge is 2.20. The van der Waals surface area contributed by atoms with Crippen LogP contribution in [0, 0.1) is 0 Å². The topological polar surface area (TPSA) is 49.9 Å². The number of H-pyrrole nitrogens is 1. The van der Waals surface area contributed by atoms with Gasteiger partial charge in [-0.1, -0.05) is 0 Å². The molecule has 3 heterocycles. The van der Waals surface area contributed by atoms with Crippen LogP contribution in [0.15, 0.2) is 6.20 Å². The van der Waals surface area contributed by atoms with Crippen LogP contribution in [0.2, 0.25) is 0 Å². The molecule has 0 spiro atoms. The molecule has 0 aliphatic carbocycles. The van der Waals surface area contributed by atoms with Crippen molar-refractivity contribution in [2.75, 3.05) is 19.8 Å². The normalized spacial score (nSPS) is 26.5. The molecule has 2 aliphatic heterocycles. The Balaban J connectivity index is 1.60. The summed E-state index contributed by atoms with van der Waals surface area (Å²) in [4.78, 5) is 8.02. The second-order valence-electron chi connectivity index (χ2n) is 5.17. The average Bonchev–Trinajstić information content (AvgIpc) is 3.02. The molecule has 1 aromatic heterocycles. The lowest BCUT2D eigenvalue weighted by atomic mass is 9.97. The van der Waals surface area contributed by atoms with Crippen molar-refractivity contribution in [2.24, 2.45) is 0 Å². The summed E-state index contributed by atoms with van der Waals surface area (Å²) < 4.78 is 5.39. The molecule has 2 N–H and O–H groups in total. The zero-order chi connectivity index (χ0) is 11.5. The Morgan fingerprint density at radius 1 is 1.29 bits per heavy atom. The Morgan fingerprint density at radius 2 is 2.18 bits per heavy atom. The summed E-state index contributed by atoms with van der Waals surface area (Å²) in [6.45, 7) is 2.95. The molecule has 0 radical (unpaired) electrons. The van der Waals surface area contributed by atoms with Gasteiger partial charge in [0.25, 0.3) is 0 Å². The first-order valence-electron chi connectivity index (χ1n) is 6.77. The van der Waals surface area contributed by atoms with E-state index in [2.05, 4.69) is 15.3 Å². The van der Waals surface area contributed by atoms with Gasteiger partial charge in [0.1, 0.15) is 5.82 Å². The lowest BCUT2D eigenvalue weighted by Gasteiger charge is -2.20. The fourth-order valence-electron chi connectivity index (χ4n) is 2.86. The lowest BCUT2D eigenvalue weighted by Crippen LogP contribution is -2.24. The molecule has 2 saturated heterocycles. The SMILES string of the molecule is c1nc(CC2CCCN2)[nH]c1C1CCOCC1. The molecule has 94 valence electrons. The van der Waals surface area contributed by atoms with Crippen molar-refractivity contribution < 1.29 is 4.74 Å². The third-order valence-electron chi connectivity index (χ3n) is 3.91. The quantitative estimate of drug-likeness (QED) is 0.836. The van der Waals surface area contributed by atoms with Crippen LogP contribution in [0.5, 0.6) is 0 Å². The van der Waals surface area contributed by atoms with E-state index in [9.17, 15) is 0 Å². The van der Waals surface area contributed by atoms with E-state index in [1.165, 1.54) is 18.5 Å². The molecular weight excluding hydrogens is 214 g/mol. The number of hydrogen-bond donors (Lipinski definition) is 2. The van der Waals surface area contributed by atoms with Crippen molar-refractivity contribution in [2.45, 2.75) is 44.1 Å². The lowest BCUT2D eigenvalue weighted by molar-refractivity contribution is 0.0845. The van der Waals surface area contributed by atoms with Crippen LogP contribution < -0.4 is 5.32 Å². The maximum absolute atomic E-state index is 5.39. The summed E-state index contributed by atoms with van der Waals surface area (Å²) in [6.07, 6.45) is 7.92. The molecule has 0 saturated carbocycles. The number of nitrogens with zero attached hydrogens (tertiary/aromatic N) is 1. The van der Waals surface area contributed by atoms with E-state index in [4.69, 9.17) is 4.74 Å². The van der Waals surface area contributed by atoms with Gasteiger partial charge in [0.2, 0.25) is 0 Å². The van der Waals surface area contributed by atoms with Gasteiger partial charge in [0.05, 0.1) is 0 Å². The van der Waals surface area contributed by atoms with Crippen LogP contribution in [0.3, 0.4) is 0 Å². The largest absolute Gasteiger partial charge is 0.381 e.